The van der Waals surface area contributed by atoms with Crippen LogP contribution in [0.2, 0.25) is 0 Å². The Morgan fingerprint density at radius 1 is 1.47 bits per heavy atom. The van der Waals surface area contributed by atoms with Gasteiger partial charge in [-0.05, 0) is 19.8 Å². The standard InChI is InChI=1S/C15H22O4/c1-8-7-12-13(10(3)15(18)19-12)14(17)9(2)11(8)5-4-6-16/h9,12-14,16-17H,3-7H2,1-2H3. The average Bonchev–Trinajstić information content (AvgIpc) is 2.59. The van der Waals surface area contributed by atoms with E-state index in [0.717, 1.165) is 12.0 Å². The van der Waals surface area contributed by atoms with Crippen LogP contribution in [0.5, 0.6) is 0 Å². The van der Waals surface area contributed by atoms with Gasteiger partial charge in [-0.15, -0.1) is 0 Å². The molecule has 1 saturated heterocycles. The van der Waals surface area contributed by atoms with Crippen molar-refractivity contribution in [2.75, 3.05) is 6.61 Å². The Bertz CT molecular complexity index is 424. The molecule has 2 aliphatic rings. The molecule has 0 radical (unpaired) electrons. The lowest BCUT2D eigenvalue weighted by atomic mass is 9.82. The Labute approximate surface area is 113 Å². The fraction of sp³-hybridized carbons (Fsp3) is 0.667. The minimum Gasteiger partial charge on any atom is -0.458 e. The van der Waals surface area contributed by atoms with Gasteiger partial charge in [-0.3, -0.25) is 0 Å². The second-order valence-electron chi connectivity index (χ2n) is 5.61. The van der Waals surface area contributed by atoms with Crippen molar-refractivity contribution in [3.63, 3.8) is 0 Å². The van der Waals surface area contributed by atoms with Crippen molar-refractivity contribution in [3.05, 3.63) is 23.3 Å². The second kappa shape index (κ2) is 5.47. The highest BCUT2D eigenvalue weighted by Crippen LogP contribution is 2.42. The summed E-state index contributed by atoms with van der Waals surface area (Å²) in [6, 6.07) is 0. The van der Waals surface area contributed by atoms with E-state index < -0.39 is 6.10 Å². The topological polar surface area (TPSA) is 66.8 Å². The lowest BCUT2D eigenvalue weighted by molar-refractivity contribution is -0.139. The number of esters is 1. The fourth-order valence-electron chi connectivity index (χ4n) is 3.29. The molecule has 0 aromatic rings. The van der Waals surface area contributed by atoms with E-state index >= 15 is 0 Å². The van der Waals surface area contributed by atoms with E-state index in [1.165, 1.54) is 5.57 Å². The highest BCUT2D eigenvalue weighted by Gasteiger charge is 2.46. The number of rotatable bonds is 3. The maximum Gasteiger partial charge on any atom is 0.334 e. The highest BCUT2D eigenvalue weighted by molar-refractivity contribution is 5.91. The molecule has 4 unspecified atom stereocenters. The van der Waals surface area contributed by atoms with Crippen molar-refractivity contribution in [1.29, 1.82) is 0 Å². The molecule has 1 heterocycles. The quantitative estimate of drug-likeness (QED) is 0.462. The Morgan fingerprint density at radius 3 is 2.79 bits per heavy atom. The molecular weight excluding hydrogens is 244 g/mol. The van der Waals surface area contributed by atoms with Crippen LogP contribution in [0.3, 0.4) is 0 Å². The lowest BCUT2D eigenvalue weighted by Crippen LogP contribution is -2.32. The first-order chi connectivity index (χ1) is 8.97. The van der Waals surface area contributed by atoms with Gasteiger partial charge in [-0.25, -0.2) is 4.79 Å². The van der Waals surface area contributed by atoms with E-state index in [1.807, 2.05) is 13.8 Å². The molecule has 1 fully saturated rings. The summed E-state index contributed by atoms with van der Waals surface area (Å²) in [7, 11) is 0. The van der Waals surface area contributed by atoms with Gasteiger partial charge in [-0.1, -0.05) is 24.6 Å². The van der Waals surface area contributed by atoms with Crippen molar-refractivity contribution in [1.82, 2.24) is 0 Å². The van der Waals surface area contributed by atoms with E-state index in [4.69, 9.17) is 9.84 Å². The number of hydrogen-bond donors (Lipinski definition) is 2. The van der Waals surface area contributed by atoms with Crippen LogP contribution >= 0.6 is 0 Å². The summed E-state index contributed by atoms with van der Waals surface area (Å²) in [5, 5.41) is 19.5. The first-order valence-electron chi connectivity index (χ1n) is 6.84. The summed E-state index contributed by atoms with van der Waals surface area (Å²) in [6.07, 6.45) is 1.19. The van der Waals surface area contributed by atoms with E-state index in [2.05, 4.69) is 6.58 Å². The third kappa shape index (κ3) is 2.47. The molecule has 0 amide bonds. The minimum atomic E-state index is -0.643. The fourth-order valence-corrected chi connectivity index (χ4v) is 3.29. The molecule has 0 bridgehead atoms. The number of carbonyl (C=O) groups excluding carboxylic acids is 1. The predicted molar refractivity (Wildman–Crippen MR) is 71.3 cm³/mol. The van der Waals surface area contributed by atoms with Crippen LogP contribution in [0.1, 0.15) is 33.1 Å². The number of hydrogen-bond acceptors (Lipinski definition) is 4. The predicted octanol–water partition coefficient (Wildman–Crippen LogP) is 1.57. The van der Waals surface area contributed by atoms with Crippen molar-refractivity contribution in [3.8, 4) is 0 Å². The molecule has 4 atom stereocenters. The van der Waals surface area contributed by atoms with E-state index in [0.29, 0.717) is 18.4 Å². The molecule has 0 spiro atoms. The summed E-state index contributed by atoms with van der Waals surface area (Å²) < 4.78 is 5.32. The molecule has 19 heavy (non-hydrogen) atoms. The summed E-state index contributed by atoms with van der Waals surface area (Å²) in [5.74, 6) is -0.718. The van der Waals surface area contributed by atoms with Crippen molar-refractivity contribution >= 4 is 5.97 Å². The van der Waals surface area contributed by atoms with Gasteiger partial charge in [0, 0.05) is 24.5 Å². The van der Waals surface area contributed by atoms with Gasteiger partial charge >= 0.3 is 5.97 Å². The molecule has 2 N–H and O–H groups in total. The first-order valence-corrected chi connectivity index (χ1v) is 6.84. The molecule has 0 aromatic heterocycles. The van der Waals surface area contributed by atoms with Crippen LogP contribution in [-0.2, 0) is 9.53 Å². The number of ether oxygens (including phenoxy) is 1. The van der Waals surface area contributed by atoms with E-state index in [-0.39, 0.29) is 30.5 Å². The summed E-state index contributed by atoms with van der Waals surface area (Å²) in [5.41, 5.74) is 2.73. The van der Waals surface area contributed by atoms with Gasteiger partial charge in [0.2, 0.25) is 0 Å². The summed E-state index contributed by atoms with van der Waals surface area (Å²) >= 11 is 0. The Balaban J connectivity index is 2.29. The minimum absolute atomic E-state index is 0.0344. The van der Waals surface area contributed by atoms with Gasteiger partial charge in [0.05, 0.1) is 12.0 Å². The Kier molecular flexibility index (Phi) is 4.11. The molecule has 1 aliphatic carbocycles. The van der Waals surface area contributed by atoms with Gasteiger partial charge < -0.3 is 14.9 Å². The van der Waals surface area contributed by atoms with Crippen LogP contribution < -0.4 is 0 Å². The molecule has 1 aliphatic heterocycles. The van der Waals surface area contributed by atoms with Crippen molar-refractivity contribution < 1.29 is 19.7 Å². The molecule has 106 valence electrons. The van der Waals surface area contributed by atoms with Crippen molar-refractivity contribution in [2.45, 2.75) is 45.3 Å². The normalized spacial score (nSPS) is 35.2. The zero-order valence-corrected chi connectivity index (χ0v) is 11.6. The molecular formula is C15H22O4. The van der Waals surface area contributed by atoms with Crippen LogP contribution in [-0.4, -0.2) is 35.0 Å². The van der Waals surface area contributed by atoms with E-state index in [9.17, 15) is 9.90 Å². The van der Waals surface area contributed by atoms with Crippen LogP contribution in [0.4, 0.5) is 0 Å². The largest absolute Gasteiger partial charge is 0.458 e. The molecule has 4 heteroatoms. The van der Waals surface area contributed by atoms with Crippen LogP contribution in [0.15, 0.2) is 23.3 Å². The summed E-state index contributed by atoms with van der Waals surface area (Å²) in [4.78, 5) is 11.6. The monoisotopic (exact) mass is 266 g/mol. The molecule has 2 rings (SSSR count). The van der Waals surface area contributed by atoms with Crippen LogP contribution in [0.25, 0.3) is 0 Å². The SMILES string of the molecule is C=C1C(=O)OC2CC(C)=C(CCCO)C(C)C(O)C12. The van der Waals surface area contributed by atoms with Gasteiger partial charge in [0.1, 0.15) is 6.10 Å². The van der Waals surface area contributed by atoms with Gasteiger partial charge in [-0.2, -0.15) is 0 Å². The third-order valence-corrected chi connectivity index (χ3v) is 4.41. The Hall–Kier alpha value is -1.13. The zero-order chi connectivity index (χ0) is 14.2. The van der Waals surface area contributed by atoms with Gasteiger partial charge in [0.25, 0.3) is 0 Å². The number of carbonyl (C=O) groups is 1. The van der Waals surface area contributed by atoms with Gasteiger partial charge in [0.15, 0.2) is 0 Å². The zero-order valence-electron chi connectivity index (χ0n) is 11.6. The number of aliphatic hydroxyl groups is 2. The number of fused-ring (bicyclic) bond motifs is 1. The summed E-state index contributed by atoms with van der Waals surface area (Å²) in [6.45, 7) is 7.90. The van der Waals surface area contributed by atoms with E-state index in [1.54, 1.807) is 0 Å². The van der Waals surface area contributed by atoms with Crippen molar-refractivity contribution in [2.24, 2.45) is 11.8 Å². The number of aliphatic hydroxyl groups excluding tert-OH is 2. The molecule has 0 saturated carbocycles. The average molecular weight is 266 g/mol. The third-order valence-electron chi connectivity index (χ3n) is 4.41. The Morgan fingerprint density at radius 2 is 2.16 bits per heavy atom. The maximum atomic E-state index is 11.6. The smallest absolute Gasteiger partial charge is 0.334 e. The second-order valence-corrected chi connectivity index (χ2v) is 5.61. The lowest BCUT2D eigenvalue weighted by Gasteiger charge is -2.25. The maximum absolute atomic E-state index is 11.6. The van der Waals surface area contributed by atoms with Crippen LogP contribution in [0, 0.1) is 11.8 Å². The molecule has 4 nitrogen and oxygen atoms in total. The molecule has 0 aromatic carbocycles. The highest BCUT2D eigenvalue weighted by atomic mass is 16.6. The first kappa shape index (κ1) is 14.3.